The summed E-state index contributed by atoms with van der Waals surface area (Å²) in [7, 11) is 0. The molecule has 0 saturated heterocycles. The number of hydrogen-bond acceptors (Lipinski definition) is 5. The molecule has 2 aromatic carbocycles. The highest BCUT2D eigenvalue weighted by Gasteiger charge is 2.14. The Morgan fingerprint density at radius 3 is 2.59 bits per heavy atom. The summed E-state index contributed by atoms with van der Waals surface area (Å²) in [5, 5.41) is 13.8. The highest BCUT2D eigenvalue weighted by molar-refractivity contribution is 7.99. The first-order valence-electron chi connectivity index (χ1n) is 8.40. The van der Waals surface area contributed by atoms with E-state index in [9.17, 15) is 4.79 Å². The molecule has 8 heteroatoms. The number of carbonyl (C=O) groups excluding carboxylic acids is 1. The van der Waals surface area contributed by atoms with Crippen LogP contribution in [0.15, 0.2) is 53.7 Å². The van der Waals surface area contributed by atoms with Crippen LogP contribution in [-0.2, 0) is 13.1 Å². The quantitative estimate of drug-likeness (QED) is 0.401. The van der Waals surface area contributed by atoms with Crippen molar-refractivity contribution in [1.29, 1.82) is 0 Å². The van der Waals surface area contributed by atoms with Crippen LogP contribution in [0.1, 0.15) is 23.1 Å². The minimum Gasteiger partial charge on any atom is -0.378 e. The molecule has 3 rings (SSSR count). The van der Waals surface area contributed by atoms with Gasteiger partial charge < -0.3 is 9.88 Å². The zero-order valence-corrected chi connectivity index (χ0v) is 17.0. The first kappa shape index (κ1) is 19.7. The molecule has 1 aromatic heterocycles. The van der Waals surface area contributed by atoms with Crippen molar-refractivity contribution in [3.05, 3.63) is 70.0 Å². The van der Waals surface area contributed by atoms with E-state index in [4.69, 9.17) is 23.2 Å². The van der Waals surface area contributed by atoms with Gasteiger partial charge >= 0.3 is 0 Å². The van der Waals surface area contributed by atoms with Crippen molar-refractivity contribution in [2.75, 3.05) is 11.1 Å². The van der Waals surface area contributed by atoms with Gasteiger partial charge in [0.05, 0.1) is 12.3 Å². The van der Waals surface area contributed by atoms with Gasteiger partial charge in [-0.3, -0.25) is 4.79 Å². The first-order chi connectivity index (χ1) is 13.1. The molecular weight excluding hydrogens is 403 g/mol. The molecule has 27 heavy (non-hydrogen) atoms. The lowest BCUT2D eigenvalue weighted by Gasteiger charge is -2.09. The van der Waals surface area contributed by atoms with Gasteiger partial charge in [-0.1, -0.05) is 41.0 Å². The zero-order valence-electron chi connectivity index (χ0n) is 14.7. The highest BCUT2D eigenvalue weighted by atomic mass is 35.5. The Hall–Kier alpha value is -2.02. The zero-order chi connectivity index (χ0) is 19.2. The SMILES string of the molecule is CCn1c(CNc2cccc(Cl)c2)nnc1SCC(=O)c1ccc(Cl)cc1. The third-order valence-corrected chi connectivity index (χ3v) is 5.34. The Labute approximate surface area is 172 Å². The van der Waals surface area contributed by atoms with Gasteiger partial charge in [0.1, 0.15) is 0 Å². The molecule has 0 spiro atoms. The van der Waals surface area contributed by atoms with Crippen LogP contribution in [0.25, 0.3) is 0 Å². The normalized spacial score (nSPS) is 10.8. The number of anilines is 1. The van der Waals surface area contributed by atoms with Crippen molar-refractivity contribution >= 4 is 46.4 Å². The Morgan fingerprint density at radius 1 is 1.11 bits per heavy atom. The Morgan fingerprint density at radius 2 is 1.89 bits per heavy atom. The number of benzene rings is 2. The molecule has 0 saturated carbocycles. The van der Waals surface area contributed by atoms with E-state index in [2.05, 4.69) is 15.5 Å². The fourth-order valence-electron chi connectivity index (χ4n) is 2.50. The van der Waals surface area contributed by atoms with Gasteiger partial charge in [0.25, 0.3) is 0 Å². The van der Waals surface area contributed by atoms with Crippen molar-refractivity contribution in [1.82, 2.24) is 14.8 Å². The van der Waals surface area contributed by atoms with Crippen molar-refractivity contribution < 1.29 is 4.79 Å². The lowest BCUT2D eigenvalue weighted by molar-refractivity contribution is 0.102. The maximum atomic E-state index is 12.3. The predicted molar refractivity (Wildman–Crippen MR) is 111 cm³/mol. The molecule has 0 amide bonds. The lowest BCUT2D eigenvalue weighted by atomic mass is 10.1. The Bertz CT molecular complexity index is 928. The molecule has 0 unspecified atom stereocenters. The number of Topliss-reactive ketones (excluding diaryl/α,β-unsaturated/α-hetero) is 1. The van der Waals surface area contributed by atoms with Crippen LogP contribution in [0.4, 0.5) is 5.69 Å². The second-order valence-electron chi connectivity index (χ2n) is 5.73. The van der Waals surface area contributed by atoms with Crippen LogP contribution in [0.5, 0.6) is 0 Å². The molecule has 0 atom stereocenters. The van der Waals surface area contributed by atoms with Gasteiger partial charge in [-0.05, 0) is 49.4 Å². The number of ketones is 1. The minimum atomic E-state index is 0.0286. The monoisotopic (exact) mass is 420 g/mol. The Kier molecular flexibility index (Phi) is 6.77. The molecule has 0 aliphatic rings. The largest absolute Gasteiger partial charge is 0.378 e. The van der Waals surface area contributed by atoms with E-state index in [0.717, 1.165) is 23.2 Å². The van der Waals surface area contributed by atoms with Gasteiger partial charge in [0.2, 0.25) is 0 Å². The summed E-state index contributed by atoms with van der Waals surface area (Å²) in [5.41, 5.74) is 1.55. The fourth-order valence-corrected chi connectivity index (χ4v) is 3.73. The van der Waals surface area contributed by atoms with E-state index in [0.29, 0.717) is 27.9 Å². The second kappa shape index (κ2) is 9.26. The maximum Gasteiger partial charge on any atom is 0.191 e. The standard InChI is InChI=1S/C19H18Cl2N4OS/c1-2-25-18(11-22-16-5-3-4-15(21)10-16)23-24-19(25)27-12-17(26)13-6-8-14(20)9-7-13/h3-10,22H,2,11-12H2,1H3. The van der Waals surface area contributed by atoms with E-state index < -0.39 is 0 Å². The van der Waals surface area contributed by atoms with E-state index >= 15 is 0 Å². The van der Waals surface area contributed by atoms with Gasteiger partial charge in [0.15, 0.2) is 16.8 Å². The van der Waals surface area contributed by atoms with Crippen molar-refractivity contribution in [2.24, 2.45) is 0 Å². The summed E-state index contributed by atoms with van der Waals surface area (Å²) in [4.78, 5) is 12.3. The van der Waals surface area contributed by atoms with Crippen molar-refractivity contribution in [3.63, 3.8) is 0 Å². The van der Waals surface area contributed by atoms with Crippen molar-refractivity contribution in [2.45, 2.75) is 25.2 Å². The van der Waals surface area contributed by atoms with Crippen LogP contribution in [0, 0.1) is 0 Å². The lowest BCUT2D eigenvalue weighted by Crippen LogP contribution is -2.09. The first-order valence-corrected chi connectivity index (χ1v) is 10.1. The van der Waals surface area contributed by atoms with Gasteiger partial charge in [-0.2, -0.15) is 0 Å². The van der Waals surface area contributed by atoms with E-state index in [-0.39, 0.29) is 5.78 Å². The highest BCUT2D eigenvalue weighted by Crippen LogP contribution is 2.21. The second-order valence-corrected chi connectivity index (χ2v) is 7.54. The number of halogens is 2. The third-order valence-electron chi connectivity index (χ3n) is 3.88. The van der Waals surface area contributed by atoms with Crippen LogP contribution in [-0.4, -0.2) is 26.3 Å². The molecule has 1 N–H and O–H groups in total. The summed E-state index contributed by atoms with van der Waals surface area (Å²) >= 11 is 13.2. The maximum absolute atomic E-state index is 12.3. The number of hydrogen-bond donors (Lipinski definition) is 1. The summed E-state index contributed by atoms with van der Waals surface area (Å²) in [6.45, 7) is 3.27. The minimum absolute atomic E-state index is 0.0286. The van der Waals surface area contributed by atoms with Crippen molar-refractivity contribution in [3.8, 4) is 0 Å². The van der Waals surface area contributed by atoms with E-state index in [1.165, 1.54) is 11.8 Å². The number of nitrogens with one attached hydrogen (secondary N) is 1. The van der Waals surface area contributed by atoms with E-state index in [1.54, 1.807) is 24.3 Å². The molecule has 0 fully saturated rings. The molecule has 0 radical (unpaired) electrons. The molecule has 0 bridgehead atoms. The molecule has 140 valence electrons. The summed E-state index contributed by atoms with van der Waals surface area (Å²) in [6.07, 6.45) is 0. The van der Waals surface area contributed by atoms with Crippen LogP contribution < -0.4 is 5.32 Å². The summed E-state index contributed by atoms with van der Waals surface area (Å²) < 4.78 is 2.00. The number of aromatic nitrogens is 3. The molecule has 1 heterocycles. The van der Waals surface area contributed by atoms with Gasteiger partial charge in [0, 0.05) is 27.8 Å². The van der Waals surface area contributed by atoms with Crippen LogP contribution >= 0.6 is 35.0 Å². The summed E-state index contributed by atoms with van der Waals surface area (Å²) in [6, 6.07) is 14.4. The number of carbonyl (C=O) groups is 1. The molecular formula is C19H18Cl2N4OS. The number of rotatable bonds is 8. The topological polar surface area (TPSA) is 59.8 Å². The van der Waals surface area contributed by atoms with Gasteiger partial charge in [-0.25, -0.2) is 0 Å². The summed E-state index contributed by atoms with van der Waals surface area (Å²) in [5.74, 6) is 1.13. The molecule has 3 aromatic rings. The Balaban J connectivity index is 1.63. The molecule has 5 nitrogen and oxygen atoms in total. The number of nitrogens with zero attached hydrogens (tertiary/aromatic N) is 3. The fraction of sp³-hybridized carbons (Fsp3) is 0.211. The van der Waals surface area contributed by atoms with E-state index in [1.807, 2.05) is 35.8 Å². The van der Waals surface area contributed by atoms with Crippen LogP contribution in [0.3, 0.4) is 0 Å². The van der Waals surface area contributed by atoms with Crippen LogP contribution in [0.2, 0.25) is 10.0 Å². The van der Waals surface area contributed by atoms with Gasteiger partial charge in [-0.15, -0.1) is 10.2 Å². The smallest absolute Gasteiger partial charge is 0.191 e. The predicted octanol–water partition coefficient (Wildman–Crippen LogP) is 5.19. The average Bonchev–Trinajstić information content (AvgIpc) is 3.07. The number of thioether (sulfide) groups is 1. The molecule has 0 aliphatic heterocycles. The third kappa shape index (κ3) is 5.25. The molecule has 0 aliphatic carbocycles. The average molecular weight is 421 g/mol.